The lowest BCUT2D eigenvalue weighted by atomic mass is 10.0. The van der Waals surface area contributed by atoms with Crippen molar-refractivity contribution >= 4 is 11.9 Å². The number of hydrogen-bond acceptors (Lipinski definition) is 2. The van der Waals surface area contributed by atoms with E-state index in [4.69, 9.17) is 5.11 Å². The maximum atomic E-state index is 11.2. The summed E-state index contributed by atoms with van der Waals surface area (Å²) in [4.78, 5) is 21.5. The van der Waals surface area contributed by atoms with Gasteiger partial charge in [-0.15, -0.1) is 0 Å². The van der Waals surface area contributed by atoms with Crippen molar-refractivity contribution in [2.45, 2.75) is 110 Å². The van der Waals surface area contributed by atoms with Crippen LogP contribution in [0.15, 0.2) is 12.2 Å². The number of unbranched alkanes of at least 4 members (excludes halogenated alkanes) is 15. The van der Waals surface area contributed by atoms with Crippen LogP contribution in [0.2, 0.25) is 0 Å². The van der Waals surface area contributed by atoms with Crippen LogP contribution in [-0.2, 0) is 9.59 Å². The summed E-state index contributed by atoms with van der Waals surface area (Å²) < 4.78 is 0. The van der Waals surface area contributed by atoms with Crippen LogP contribution in [-0.4, -0.2) is 23.5 Å². The number of amides is 1. The van der Waals surface area contributed by atoms with Crippen LogP contribution >= 0.6 is 0 Å². The van der Waals surface area contributed by atoms with Crippen molar-refractivity contribution in [2.75, 3.05) is 6.54 Å². The molecule has 0 radical (unpaired) electrons. The molecule has 2 N–H and O–H groups in total. The Bertz CT molecular complexity index is 366. The summed E-state index contributed by atoms with van der Waals surface area (Å²) in [7, 11) is 0. The first kappa shape index (κ1) is 24.7. The van der Waals surface area contributed by atoms with Gasteiger partial charge >= 0.3 is 5.97 Å². The SMILES string of the molecule is CCCCCCCCCCCCCCCCCCNC(=O)C=CC(=O)O. The normalized spacial score (nSPS) is 11.1. The summed E-state index contributed by atoms with van der Waals surface area (Å²) in [5.74, 6) is -1.42. The highest BCUT2D eigenvalue weighted by atomic mass is 16.4. The lowest BCUT2D eigenvalue weighted by Crippen LogP contribution is -2.22. The molecule has 0 saturated heterocycles. The third-order valence-electron chi connectivity index (χ3n) is 4.71. The molecule has 0 unspecified atom stereocenters. The van der Waals surface area contributed by atoms with Crippen LogP contribution in [0.3, 0.4) is 0 Å². The predicted molar refractivity (Wildman–Crippen MR) is 109 cm³/mol. The summed E-state index contributed by atoms with van der Waals surface area (Å²) in [6.07, 6.45) is 23.2. The van der Waals surface area contributed by atoms with Gasteiger partial charge in [0.2, 0.25) is 5.91 Å². The zero-order valence-corrected chi connectivity index (χ0v) is 16.9. The molecule has 0 spiro atoms. The first-order chi connectivity index (χ1) is 12.7. The van der Waals surface area contributed by atoms with E-state index in [0.29, 0.717) is 6.54 Å². The van der Waals surface area contributed by atoms with Crippen molar-refractivity contribution in [1.29, 1.82) is 0 Å². The smallest absolute Gasteiger partial charge is 0.328 e. The van der Waals surface area contributed by atoms with Crippen LogP contribution < -0.4 is 5.32 Å². The van der Waals surface area contributed by atoms with E-state index >= 15 is 0 Å². The van der Waals surface area contributed by atoms with Gasteiger partial charge in [0, 0.05) is 18.7 Å². The van der Waals surface area contributed by atoms with Gasteiger partial charge in [-0.2, -0.15) is 0 Å². The van der Waals surface area contributed by atoms with Gasteiger partial charge in [0.25, 0.3) is 0 Å². The maximum absolute atomic E-state index is 11.2. The second-order valence-electron chi connectivity index (χ2n) is 7.27. The fraction of sp³-hybridized carbons (Fsp3) is 0.818. The monoisotopic (exact) mass is 367 g/mol. The Morgan fingerprint density at radius 2 is 1.04 bits per heavy atom. The molecular formula is C22H41NO3. The van der Waals surface area contributed by atoms with Crippen LogP contribution in [0, 0.1) is 0 Å². The highest BCUT2D eigenvalue weighted by Crippen LogP contribution is 2.13. The molecule has 0 atom stereocenters. The van der Waals surface area contributed by atoms with Crippen molar-refractivity contribution < 1.29 is 14.7 Å². The summed E-state index contributed by atoms with van der Waals surface area (Å²) in [5.41, 5.74) is 0. The fourth-order valence-corrected chi connectivity index (χ4v) is 3.09. The Morgan fingerprint density at radius 1 is 0.654 bits per heavy atom. The van der Waals surface area contributed by atoms with Crippen LogP contribution in [0.4, 0.5) is 0 Å². The molecule has 0 heterocycles. The standard InChI is InChI=1S/C22H41NO3/c1-2-3-4-5-6-7-8-9-10-11-12-13-14-15-16-17-20-23-21(24)18-19-22(25)26/h18-19H,2-17,20H2,1H3,(H,23,24)(H,25,26). The molecule has 26 heavy (non-hydrogen) atoms. The molecule has 0 bridgehead atoms. The second kappa shape index (κ2) is 20.0. The van der Waals surface area contributed by atoms with Gasteiger partial charge in [-0.05, 0) is 6.42 Å². The van der Waals surface area contributed by atoms with Gasteiger partial charge in [-0.25, -0.2) is 4.79 Å². The zero-order valence-electron chi connectivity index (χ0n) is 16.9. The number of nitrogens with one attached hydrogen (secondary N) is 1. The van der Waals surface area contributed by atoms with E-state index in [1.165, 1.54) is 89.9 Å². The molecule has 0 rings (SSSR count). The van der Waals surface area contributed by atoms with Crippen LogP contribution in [0.1, 0.15) is 110 Å². The van der Waals surface area contributed by atoms with Gasteiger partial charge in [0.15, 0.2) is 0 Å². The maximum Gasteiger partial charge on any atom is 0.328 e. The number of aliphatic carboxylic acids is 1. The molecule has 4 nitrogen and oxygen atoms in total. The largest absolute Gasteiger partial charge is 0.478 e. The van der Waals surface area contributed by atoms with Gasteiger partial charge < -0.3 is 10.4 Å². The van der Waals surface area contributed by atoms with Gasteiger partial charge in [0.1, 0.15) is 0 Å². The lowest BCUT2D eigenvalue weighted by Gasteiger charge is -2.04. The molecule has 0 saturated carbocycles. The first-order valence-corrected chi connectivity index (χ1v) is 10.9. The van der Waals surface area contributed by atoms with Gasteiger partial charge in [-0.3, -0.25) is 4.79 Å². The molecule has 4 heteroatoms. The average Bonchev–Trinajstić information content (AvgIpc) is 2.62. The van der Waals surface area contributed by atoms with Crippen molar-refractivity contribution in [1.82, 2.24) is 5.32 Å². The minimum absolute atomic E-state index is 0.326. The Hall–Kier alpha value is -1.32. The average molecular weight is 368 g/mol. The van der Waals surface area contributed by atoms with Gasteiger partial charge in [-0.1, -0.05) is 103 Å². The second-order valence-corrected chi connectivity index (χ2v) is 7.27. The molecule has 0 fully saturated rings. The third-order valence-corrected chi connectivity index (χ3v) is 4.71. The van der Waals surface area contributed by atoms with Crippen LogP contribution in [0.25, 0.3) is 0 Å². The van der Waals surface area contributed by atoms with Crippen molar-refractivity contribution in [3.8, 4) is 0 Å². The van der Waals surface area contributed by atoms with E-state index in [0.717, 1.165) is 25.0 Å². The fourth-order valence-electron chi connectivity index (χ4n) is 3.09. The third kappa shape index (κ3) is 20.7. The first-order valence-electron chi connectivity index (χ1n) is 10.9. The molecule has 0 aliphatic heterocycles. The summed E-state index contributed by atoms with van der Waals surface area (Å²) in [6, 6.07) is 0. The molecular weight excluding hydrogens is 326 g/mol. The number of carbonyl (C=O) groups is 2. The Morgan fingerprint density at radius 3 is 1.42 bits per heavy atom. The van der Waals surface area contributed by atoms with E-state index in [-0.39, 0.29) is 5.91 Å². The quantitative estimate of drug-likeness (QED) is 0.217. The highest BCUT2D eigenvalue weighted by Gasteiger charge is 1.97. The molecule has 0 aliphatic rings. The van der Waals surface area contributed by atoms with Crippen molar-refractivity contribution in [3.05, 3.63) is 12.2 Å². The number of carbonyl (C=O) groups excluding carboxylic acids is 1. The number of carboxylic acid groups (broad SMARTS) is 1. The molecule has 0 aliphatic carbocycles. The lowest BCUT2D eigenvalue weighted by molar-refractivity contribution is -0.131. The van der Waals surface area contributed by atoms with Gasteiger partial charge in [0.05, 0.1) is 0 Å². The van der Waals surface area contributed by atoms with E-state index in [1.54, 1.807) is 0 Å². The molecule has 152 valence electrons. The molecule has 0 aromatic carbocycles. The van der Waals surface area contributed by atoms with Crippen molar-refractivity contribution in [3.63, 3.8) is 0 Å². The molecule has 1 amide bonds. The zero-order chi connectivity index (χ0) is 19.3. The molecule has 0 aromatic heterocycles. The number of carboxylic acids is 1. The highest BCUT2D eigenvalue weighted by molar-refractivity contribution is 5.93. The Balaban J connectivity index is 3.13. The van der Waals surface area contributed by atoms with E-state index in [9.17, 15) is 9.59 Å². The summed E-state index contributed by atoms with van der Waals surface area (Å²) in [6.45, 7) is 2.89. The van der Waals surface area contributed by atoms with Crippen molar-refractivity contribution in [2.24, 2.45) is 0 Å². The van der Waals surface area contributed by atoms with E-state index in [2.05, 4.69) is 12.2 Å². The minimum Gasteiger partial charge on any atom is -0.478 e. The summed E-state index contributed by atoms with van der Waals surface area (Å²) >= 11 is 0. The van der Waals surface area contributed by atoms with E-state index < -0.39 is 5.97 Å². The number of hydrogen-bond donors (Lipinski definition) is 2. The summed E-state index contributed by atoms with van der Waals surface area (Å²) in [5, 5.41) is 11.1. The predicted octanol–water partition coefficient (Wildman–Crippen LogP) is 6.00. The van der Waals surface area contributed by atoms with E-state index in [1.807, 2.05) is 0 Å². The van der Waals surface area contributed by atoms with Crippen LogP contribution in [0.5, 0.6) is 0 Å². The molecule has 0 aromatic rings. The Kier molecular flexibility index (Phi) is 19.0. The topological polar surface area (TPSA) is 66.4 Å². The Labute approximate surface area is 160 Å². The number of rotatable bonds is 19. The minimum atomic E-state index is -1.09.